The predicted octanol–water partition coefficient (Wildman–Crippen LogP) is 2.76. The van der Waals surface area contributed by atoms with Crippen molar-refractivity contribution in [1.29, 1.82) is 0 Å². The van der Waals surface area contributed by atoms with E-state index in [0.29, 0.717) is 23.8 Å². The third kappa shape index (κ3) is 7.80. The number of aromatic nitrogens is 2. The van der Waals surface area contributed by atoms with Gasteiger partial charge in [0.1, 0.15) is 18.4 Å². The summed E-state index contributed by atoms with van der Waals surface area (Å²) in [4.78, 5) is 38.3. The molecule has 1 saturated heterocycles. The second kappa shape index (κ2) is 13.7. The summed E-state index contributed by atoms with van der Waals surface area (Å²) in [6, 6.07) is 6.01. The van der Waals surface area contributed by atoms with Crippen molar-refractivity contribution in [1.82, 2.24) is 9.55 Å². The molecule has 2 heterocycles. The highest BCUT2D eigenvalue weighted by Gasteiger charge is 2.36. The first kappa shape index (κ1) is 29.6. The number of hydrogen-bond donors (Lipinski definition) is 3. The van der Waals surface area contributed by atoms with Gasteiger partial charge in [0.2, 0.25) is 0 Å². The van der Waals surface area contributed by atoms with Gasteiger partial charge in [0.15, 0.2) is 5.75 Å². The lowest BCUT2D eigenvalue weighted by Crippen LogP contribution is -2.33. The number of aromatic amines is 1. The molecule has 5 atom stereocenters. The summed E-state index contributed by atoms with van der Waals surface area (Å²) in [5.41, 5.74) is -0.398. The van der Waals surface area contributed by atoms with Crippen LogP contribution in [0.4, 0.5) is 5.69 Å². The quantitative estimate of drug-likeness (QED) is 0.249. The van der Waals surface area contributed by atoms with E-state index in [4.69, 9.17) is 18.5 Å². The molecule has 0 bridgehead atoms. The zero-order chi connectivity index (χ0) is 27.8. The molecule has 1 aliphatic heterocycles. The highest BCUT2D eigenvalue weighted by molar-refractivity contribution is 7.33. The molecule has 12 nitrogen and oxygen atoms in total. The molecule has 3 rings (SSSR count). The average molecular weight is 554 g/mol. The van der Waals surface area contributed by atoms with Gasteiger partial charge in [-0.25, -0.2) is 14.2 Å². The number of benzene rings is 1. The number of para-hydroxylation sites is 2. The fraction of sp³-hybridized carbons (Fsp3) is 0.560. The molecule has 1 unspecified atom stereocenters. The molecule has 1 aliphatic rings. The highest BCUT2D eigenvalue weighted by atomic mass is 31.1. The van der Waals surface area contributed by atoms with Crippen LogP contribution in [0.1, 0.15) is 51.8 Å². The molecule has 13 heteroatoms. The van der Waals surface area contributed by atoms with Gasteiger partial charge < -0.3 is 24.4 Å². The van der Waals surface area contributed by atoms with Gasteiger partial charge in [-0.1, -0.05) is 38.8 Å². The van der Waals surface area contributed by atoms with E-state index in [1.165, 1.54) is 10.8 Å². The Morgan fingerprint density at radius 2 is 2.00 bits per heavy atom. The number of carbonyl (C=O) groups is 1. The second-order valence-electron chi connectivity index (χ2n) is 9.25. The third-order valence-corrected chi connectivity index (χ3v) is 7.24. The summed E-state index contributed by atoms with van der Waals surface area (Å²) in [6.07, 6.45) is 0.613. The van der Waals surface area contributed by atoms with E-state index in [2.05, 4.69) is 10.3 Å². The number of aryl methyl sites for hydroxylation is 1. The molecular weight excluding hydrogens is 517 g/mol. The minimum Gasteiger partial charge on any atom is -0.464 e. The van der Waals surface area contributed by atoms with E-state index >= 15 is 0 Å². The first-order valence-electron chi connectivity index (χ1n) is 12.6. The van der Waals surface area contributed by atoms with Crippen molar-refractivity contribution in [3.8, 4) is 5.75 Å². The zero-order valence-corrected chi connectivity index (χ0v) is 23.0. The van der Waals surface area contributed by atoms with Gasteiger partial charge in [-0.2, -0.15) is 0 Å². The van der Waals surface area contributed by atoms with E-state index in [0.717, 1.165) is 12.8 Å². The van der Waals surface area contributed by atoms with Gasteiger partial charge in [0, 0.05) is 18.2 Å². The minimum atomic E-state index is -3.07. The Hall–Kier alpha value is -2.92. The lowest BCUT2D eigenvalue weighted by molar-refractivity contribution is -0.145. The summed E-state index contributed by atoms with van der Waals surface area (Å²) in [7, 11) is -3.07. The van der Waals surface area contributed by atoms with Crippen molar-refractivity contribution in [2.45, 2.75) is 71.4 Å². The van der Waals surface area contributed by atoms with Crippen LogP contribution in [-0.4, -0.2) is 52.1 Å². The predicted molar refractivity (Wildman–Crippen MR) is 141 cm³/mol. The number of anilines is 1. The van der Waals surface area contributed by atoms with Crippen molar-refractivity contribution in [2.75, 3.05) is 18.5 Å². The Morgan fingerprint density at radius 1 is 1.29 bits per heavy atom. The van der Waals surface area contributed by atoms with Gasteiger partial charge in [-0.05, 0) is 31.9 Å². The number of esters is 1. The van der Waals surface area contributed by atoms with Crippen LogP contribution in [0.15, 0.2) is 40.1 Å². The standard InChI is InChI=1S/C25H36N3O9P/c1-5-17(6-2)13-34-24(31)16(4)26-18-9-7-8-10-20(18)37-38(33)35-14-21-19(29)11-22(36-21)28-12-15(3)23(30)27-25(28)32/h7-10,12,16-17,19,21-22,26,29,38H,5-6,11,13-14H2,1-4H3,(H,27,30,32)/t16-,19-,21+,22+/m0/s1. The SMILES string of the molecule is CCC(CC)COC(=O)[C@H](C)Nc1ccccc1O[PH](=O)OC[C@H]1O[C@@H](n2cc(C)c(=O)[nH]c2=O)C[C@@H]1O. The van der Waals surface area contributed by atoms with Crippen LogP contribution < -0.4 is 21.1 Å². The van der Waals surface area contributed by atoms with E-state index in [1.54, 1.807) is 38.1 Å². The van der Waals surface area contributed by atoms with E-state index < -0.39 is 50.0 Å². The van der Waals surface area contributed by atoms with Crippen LogP contribution in [0.2, 0.25) is 0 Å². The van der Waals surface area contributed by atoms with Crippen LogP contribution in [0, 0.1) is 12.8 Å². The van der Waals surface area contributed by atoms with Crippen LogP contribution in [0.5, 0.6) is 5.75 Å². The molecule has 0 radical (unpaired) electrons. The molecule has 1 aromatic carbocycles. The largest absolute Gasteiger partial charge is 0.464 e. The summed E-state index contributed by atoms with van der Waals surface area (Å²) in [5.74, 6) is 0.121. The number of nitrogens with zero attached hydrogens (tertiary/aromatic N) is 1. The van der Waals surface area contributed by atoms with Crippen molar-refractivity contribution < 1.29 is 33.0 Å². The van der Waals surface area contributed by atoms with E-state index in [1.807, 2.05) is 13.8 Å². The van der Waals surface area contributed by atoms with Crippen molar-refractivity contribution in [2.24, 2.45) is 5.92 Å². The molecule has 0 aliphatic carbocycles. The number of hydrogen-bond acceptors (Lipinski definition) is 10. The molecule has 2 aromatic rings. The number of rotatable bonds is 13. The van der Waals surface area contributed by atoms with Crippen molar-refractivity contribution >= 4 is 19.9 Å². The Balaban J connectivity index is 1.54. The minimum absolute atomic E-state index is 0.0825. The molecule has 0 spiro atoms. The molecule has 1 fully saturated rings. The Morgan fingerprint density at radius 3 is 2.71 bits per heavy atom. The van der Waals surface area contributed by atoms with E-state index in [-0.39, 0.29) is 18.8 Å². The van der Waals surface area contributed by atoms with Crippen molar-refractivity contribution in [3.63, 3.8) is 0 Å². The smallest absolute Gasteiger partial charge is 0.367 e. The van der Waals surface area contributed by atoms with Crippen LogP contribution in [0.3, 0.4) is 0 Å². The van der Waals surface area contributed by atoms with Crippen molar-refractivity contribution in [3.05, 3.63) is 56.9 Å². The molecular formula is C25H36N3O9P. The normalized spacial score (nSPS) is 20.7. The maximum absolute atomic E-state index is 12.6. The lowest BCUT2D eigenvalue weighted by atomic mass is 10.1. The van der Waals surface area contributed by atoms with E-state index in [9.17, 15) is 24.1 Å². The van der Waals surface area contributed by atoms with Crippen LogP contribution in [0.25, 0.3) is 0 Å². The van der Waals surface area contributed by atoms with Gasteiger partial charge in [0.25, 0.3) is 5.56 Å². The molecule has 210 valence electrons. The molecule has 1 aromatic heterocycles. The molecule has 3 N–H and O–H groups in total. The van der Waals surface area contributed by atoms with Gasteiger partial charge in [-0.3, -0.25) is 18.9 Å². The van der Waals surface area contributed by atoms with Gasteiger partial charge in [-0.15, -0.1) is 0 Å². The number of nitrogens with one attached hydrogen (secondary N) is 2. The second-order valence-corrected chi connectivity index (χ2v) is 10.2. The summed E-state index contributed by atoms with van der Waals surface area (Å²) in [6.45, 7) is 7.41. The maximum atomic E-state index is 12.6. The number of aliphatic hydroxyl groups excluding tert-OH is 1. The fourth-order valence-corrected chi connectivity index (χ4v) is 4.64. The average Bonchev–Trinajstić information content (AvgIpc) is 3.26. The summed E-state index contributed by atoms with van der Waals surface area (Å²) >= 11 is 0. The third-order valence-electron chi connectivity index (χ3n) is 6.45. The lowest BCUT2D eigenvalue weighted by Gasteiger charge is -2.19. The van der Waals surface area contributed by atoms with Crippen LogP contribution in [-0.2, 0) is 23.4 Å². The topological polar surface area (TPSA) is 158 Å². The Kier molecular flexibility index (Phi) is 10.7. The molecule has 0 amide bonds. The van der Waals surface area contributed by atoms with Crippen LogP contribution >= 0.6 is 8.25 Å². The maximum Gasteiger partial charge on any atom is 0.367 e. The first-order chi connectivity index (χ1) is 18.1. The Bertz CT molecular complexity index is 1230. The number of H-pyrrole nitrogens is 1. The monoisotopic (exact) mass is 553 g/mol. The number of ether oxygens (including phenoxy) is 2. The number of carbonyl (C=O) groups excluding carboxylic acids is 1. The Labute approximate surface area is 221 Å². The number of aliphatic hydroxyl groups is 1. The summed E-state index contributed by atoms with van der Waals surface area (Å²) in [5, 5.41) is 13.4. The fourth-order valence-electron chi connectivity index (χ4n) is 3.92. The molecule has 0 saturated carbocycles. The molecule has 38 heavy (non-hydrogen) atoms. The highest BCUT2D eigenvalue weighted by Crippen LogP contribution is 2.36. The first-order valence-corrected chi connectivity index (χ1v) is 13.9. The zero-order valence-electron chi connectivity index (χ0n) is 22.0. The van der Waals surface area contributed by atoms with Gasteiger partial charge >= 0.3 is 19.9 Å². The van der Waals surface area contributed by atoms with Gasteiger partial charge in [0.05, 0.1) is 25.0 Å². The summed E-state index contributed by atoms with van der Waals surface area (Å²) < 4.78 is 35.7.